The summed E-state index contributed by atoms with van der Waals surface area (Å²) in [6, 6.07) is 0. The predicted octanol–water partition coefficient (Wildman–Crippen LogP) is 3.08. The first-order chi connectivity index (χ1) is 8.11. The van der Waals surface area contributed by atoms with Crippen molar-refractivity contribution in [2.24, 2.45) is 0 Å². The van der Waals surface area contributed by atoms with Crippen LogP contribution < -0.4 is 0 Å². The molecule has 1 amide bonds. The van der Waals surface area contributed by atoms with Crippen LogP contribution in [-0.2, 0) is 5.41 Å². The fourth-order valence-electron chi connectivity index (χ4n) is 1.34. The quantitative estimate of drug-likeness (QED) is 0.798. The van der Waals surface area contributed by atoms with Crippen molar-refractivity contribution in [3.8, 4) is 0 Å². The van der Waals surface area contributed by atoms with Crippen LogP contribution in [0.1, 0.15) is 50.0 Å². The van der Waals surface area contributed by atoms with Gasteiger partial charge < -0.3 is 4.90 Å². The van der Waals surface area contributed by atoms with E-state index in [1.54, 1.807) is 4.90 Å². The molecule has 1 aromatic heterocycles. The van der Waals surface area contributed by atoms with E-state index in [9.17, 15) is 4.79 Å². The van der Waals surface area contributed by atoms with E-state index in [1.165, 1.54) is 11.5 Å². The fraction of sp³-hybridized carbons (Fsp3) is 0.750. The highest BCUT2D eigenvalue weighted by molar-refractivity contribution is 9.09. The van der Waals surface area contributed by atoms with Gasteiger partial charge in [0.1, 0.15) is 4.88 Å². The van der Waals surface area contributed by atoms with E-state index in [4.69, 9.17) is 0 Å². The highest BCUT2D eigenvalue weighted by Gasteiger charge is 2.33. The molecule has 0 aliphatic carbocycles. The Kier molecular flexibility index (Phi) is 4.54. The number of nitrogens with zero attached hydrogens (tertiary/aromatic N) is 3. The van der Waals surface area contributed by atoms with Crippen LogP contribution in [0.5, 0.6) is 0 Å². The summed E-state index contributed by atoms with van der Waals surface area (Å²) in [5.74, 6) is -0.0145. The highest BCUT2D eigenvalue weighted by atomic mass is 79.9. The van der Waals surface area contributed by atoms with Gasteiger partial charge in [-0.05, 0) is 25.4 Å². The molecule has 0 aliphatic rings. The lowest BCUT2D eigenvalue weighted by Crippen LogP contribution is -2.46. The van der Waals surface area contributed by atoms with Crippen LogP contribution >= 0.6 is 27.5 Å². The minimum Gasteiger partial charge on any atom is -0.335 e. The van der Waals surface area contributed by atoms with Gasteiger partial charge in [-0.2, -0.15) is 0 Å². The molecular weight excluding hydrogens is 314 g/mol. The molecule has 1 aromatic rings. The number of alkyl halides is 1. The van der Waals surface area contributed by atoms with E-state index in [2.05, 4.69) is 25.5 Å². The first kappa shape index (κ1) is 15.6. The molecule has 0 spiro atoms. The molecule has 0 N–H and O–H groups in total. The summed E-state index contributed by atoms with van der Waals surface area (Å²) in [6.07, 6.45) is 0. The first-order valence-corrected chi connectivity index (χ1v) is 7.67. The van der Waals surface area contributed by atoms with Crippen LogP contribution in [-0.4, -0.2) is 38.3 Å². The number of halogens is 1. The summed E-state index contributed by atoms with van der Waals surface area (Å²) in [6.45, 7) is 10.2. The van der Waals surface area contributed by atoms with Gasteiger partial charge in [-0.25, -0.2) is 0 Å². The van der Waals surface area contributed by atoms with Gasteiger partial charge in [-0.3, -0.25) is 4.79 Å². The Hall–Kier alpha value is -0.490. The van der Waals surface area contributed by atoms with Gasteiger partial charge in [0.25, 0.3) is 5.91 Å². The number of carbonyl (C=O) groups excluding carboxylic acids is 1. The van der Waals surface area contributed by atoms with Crippen LogP contribution in [0.2, 0.25) is 0 Å². The maximum Gasteiger partial charge on any atom is 0.267 e. The topological polar surface area (TPSA) is 46.1 Å². The molecule has 1 heterocycles. The number of amides is 1. The Labute approximate surface area is 121 Å². The van der Waals surface area contributed by atoms with Crippen molar-refractivity contribution in [2.45, 2.75) is 45.6 Å². The van der Waals surface area contributed by atoms with Crippen LogP contribution in [0, 0.1) is 0 Å². The van der Waals surface area contributed by atoms with E-state index >= 15 is 0 Å². The number of carbonyl (C=O) groups is 1. The Morgan fingerprint density at radius 3 is 2.33 bits per heavy atom. The Balaban J connectivity index is 3.10. The maximum atomic E-state index is 12.5. The molecule has 1 rings (SSSR count). The van der Waals surface area contributed by atoms with Crippen molar-refractivity contribution in [1.29, 1.82) is 0 Å². The molecule has 0 saturated carbocycles. The molecular formula is C12H20BrN3OS. The van der Waals surface area contributed by atoms with Gasteiger partial charge in [0, 0.05) is 23.3 Å². The second-order valence-electron chi connectivity index (χ2n) is 6.01. The molecule has 0 saturated heterocycles. The van der Waals surface area contributed by atoms with E-state index in [-0.39, 0.29) is 16.9 Å². The van der Waals surface area contributed by atoms with E-state index < -0.39 is 0 Å². The summed E-state index contributed by atoms with van der Waals surface area (Å²) in [7, 11) is 1.82. The molecule has 6 heteroatoms. The predicted molar refractivity (Wildman–Crippen MR) is 78.6 cm³/mol. The summed E-state index contributed by atoms with van der Waals surface area (Å²) < 4.78 is 3.93. The van der Waals surface area contributed by atoms with Gasteiger partial charge >= 0.3 is 0 Å². The molecule has 18 heavy (non-hydrogen) atoms. The number of rotatable bonds is 3. The minimum absolute atomic E-state index is 0.0145. The van der Waals surface area contributed by atoms with Gasteiger partial charge in [0.15, 0.2) is 0 Å². The molecule has 0 atom stereocenters. The zero-order chi connectivity index (χ0) is 14.1. The second kappa shape index (κ2) is 5.25. The summed E-state index contributed by atoms with van der Waals surface area (Å²) in [4.78, 5) is 14.9. The van der Waals surface area contributed by atoms with Crippen molar-refractivity contribution in [3.63, 3.8) is 0 Å². The van der Waals surface area contributed by atoms with Crippen molar-refractivity contribution >= 4 is 33.4 Å². The summed E-state index contributed by atoms with van der Waals surface area (Å²) in [5.41, 5.74) is 0.364. The fourth-order valence-corrected chi connectivity index (χ4v) is 2.57. The SMILES string of the molecule is CN(C(=O)c1snnc1C(C)(C)C)C(C)(C)CBr. The minimum atomic E-state index is -0.240. The van der Waals surface area contributed by atoms with Gasteiger partial charge in [0.05, 0.1) is 5.69 Å². The Bertz CT molecular complexity index is 437. The standard InChI is InChI=1S/C12H20BrN3OS/c1-11(2,3)9-8(18-15-14-9)10(17)16(6)12(4,5)7-13/h7H2,1-6H3. The lowest BCUT2D eigenvalue weighted by atomic mass is 9.91. The van der Waals surface area contributed by atoms with E-state index in [1.807, 2.05) is 41.7 Å². The third-order valence-corrected chi connectivity index (χ3v) is 5.02. The van der Waals surface area contributed by atoms with Crippen LogP contribution in [0.15, 0.2) is 0 Å². The average molecular weight is 334 g/mol. The molecule has 0 radical (unpaired) electrons. The molecule has 4 nitrogen and oxygen atoms in total. The van der Waals surface area contributed by atoms with E-state index in [0.29, 0.717) is 4.88 Å². The smallest absolute Gasteiger partial charge is 0.267 e. The lowest BCUT2D eigenvalue weighted by Gasteiger charge is -2.34. The summed E-state index contributed by atoms with van der Waals surface area (Å²) in [5, 5.41) is 4.83. The van der Waals surface area contributed by atoms with Crippen molar-refractivity contribution < 1.29 is 4.79 Å². The Morgan fingerprint density at radius 1 is 1.33 bits per heavy atom. The summed E-state index contributed by atoms with van der Waals surface area (Å²) >= 11 is 4.61. The largest absolute Gasteiger partial charge is 0.335 e. The van der Waals surface area contributed by atoms with Crippen molar-refractivity contribution in [3.05, 3.63) is 10.6 Å². The molecule has 0 unspecified atom stereocenters. The van der Waals surface area contributed by atoms with E-state index in [0.717, 1.165) is 11.0 Å². The molecule has 0 aliphatic heterocycles. The molecule has 0 fully saturated rings. The van der Waals surface area contributed by atoms with Crippen molar-refractivity contribution in [1.82, 2.24) is 14.5 Å². The molecule has 102 valence electrons. The Morgan fingerprint density at radius 2 is 1.89 bits per heavy atom. The van der Waals surface area contributed by atoms with Crippen LogP contribution in [0.25, 0.3) is 0 Å². The highest BCUT2D eigenvalue weighted by Crippen LogP contribution is 2.28. The third kappa shape index (κ3) is 3.09. The number of hydrogen-bond acceptors (Lipinski definition) is 4. The normalized spacial score (nSPS) is 12.6. The second-order valence-corrected chi connectivity index (χ2v) is 7.33. The molecule has 0 aromatic carbocycles. The zero-order valence-electron chi connectivity index (χ0n) is 11.7. The van der Waals surface area contributed by atoms with Crippen LogP contribution in [0.3, 0.4) is 0 Å². The maximum absolute atomic E-state index is 12.5. The van der Waals surface area contributed by atoms with Gasteiger partial charge in [0.2, 0.25) is 0 Å². The lowest BCUT2D eigenvalue weighted by molar-refractivity contribution is 0.0666. The van der Waals surface area contributed by atoms with Crippen molar-refractivity contribution in [2.75, 3.05) is 12.4 Å². The van der Waals surface area contributed by atoms with Gasteiger partial charge in [-0.1, -0.05) is 41.2 Å². The zero-order valence-corrected chi connectivity index (χ0v) is 14.1. The van der Waals surface area contributed by atoms with Crippen LogP contribution in [0.4, 0.5) is 0 Å². The monoisotopic (exact) mass is 333 g/mol. The third-order valence-electron chi connectivity index (χ3n) is 2.93. The van der Waals surface area contributed by atoms with Gasteiger partial charge in [-0.15, -0.1) is 5.10 Å². The number of hydrogen-bond donors (Lipinski definition) is 0. The number of aromatic nitrogens is 2. The first-order valence-electron chi connectivity index (χ1n) is 5.78. The molecule has 0 bridgehead atoms. The average Bonchev–Trinajstić information content (AvgIpc) is 2.75.